The van der Waals surface area contributed by atoms with Gasteiger partial charge in [0.1, 0.15) is 0 Å². The van der Waals surface area contributed by atoms with Crippen LogP contribution >= 0.6 is 11.3 Å². The largest absolute Gasteiger partial charge is 1.00 e. The third-order valence-corrected chi connectivity index (χ3v) is 1.02. The molecular weight excluding hydrogens is 106 g/mol. The third kappa shape index (κ3) is 2.13. The summed E-state index contributed by atoms with van der Waals surface area (Å²) in [6, 6.07) is 1.38. The van der Waals surface area contributed by atoms with E-state index in [0.717, 1.165) is 0 Å². The molecule has 1 heterocycles. The van der Waals surface area contributed by atoms with Gasteiger partial charge in [0, 0.05) is 5.82 Å². The fourth-order valence-electron chi connectivity index (χ4n) is 0.218. The minimum absolute atomic E-state index is 0. The van der Waals surface area contributed by atoms with Crippen LogP contribution in [0, 0.1) is 11.2 Å². The molecule has 0 aliphatic rings. The molecule has 0 atom stereocenters. The zero-order chi connectivity index (χ0) is 4.41. The van der Waals surface area contributed by atoms with E-state index in [2.05, 4.69) is 5.38 Å². The Bertz CT molecular complexity index is 115. The van der Waals surface area contributed by atoms with Crippen molar-refractivity contribution in [1.82, 2.24) is 0 Å². The Labute approximate surface area is 57.5 Å². The van der Waals surface area contributed by atoms with E-state index in [1.54, 1.807) is 5.38 Å². The maximum atomic E-state index is 11.6. The molecule has 0 unspecified atom stereocenters. The van der Waals surface area contributed by atoms with Crippen molar-refractivity contribution >= 4 is 11.3 Å². The van der Waals surface area contributed by atoms with E-state index >= 15 is 0 Å². The predicted octanol–water partition coefficient (Wildman–Crippen LogP) is -1.31. The Morgan fingerprint density at radius 3 is 2.57 bits per heavy atom. The summed E-state index contributed by atoms with van der Waals surface area (Å²) in [5.41, 5.74) is 0. The van der Waals surface area contributed by atoms with Crippen LogP contribution in [0.1, 0.15) is 0 Å². The van der Waals surface area contributed by atoms with E-state index in [9.17, 15) is 4.39 Å². The molecule has 0 aliphatic carbocycles. The van der Waals surface area contributed by atoms with Gasteiger partial charge < -0.3 is 11.3 Å². The van der Waals surface area contributed by atoms with Crippen molar-refractivity contribution in [2.24, 2.45) is 0 Å². The maximum absolute atomic E-state index is 11.6. The summed E-state index contributed by atoms with van der Waals surface area (Å²) >= 11 is 1.24. The molecule has 0 radical (unpaired) electrons. The molecule has 0 saturated heterocycles. The summed E-state index contributed by atoms with van der Waals surface area (Å²) in [7, 11) is 0. The van der Waals surface area contributed by atoms with Gasteiger partial charge in [-0.25, -0.2) is 4.39 Å². The molecule has 3 heteroatoms. The molecule has 0 aromatic carbocycles. The number of rotatable bonds is 0. The average molecular weight is 108 g/mol. The molecule has 0 bridgehead atoms. The average Bonchev–Trinajstić information content (AvgIpc) is 1.86. The standard InChI is InChI=1S/C4H2FS.Li/c5-4-1-2-6-3-4;/h1-2H;/q-1;+1. The Kier molecular flexibility index (Phi) is 3.36. The van der Waals surface area contributed by atoms with Crippen molar-refractivity contribution < 1.29 is 23.3 Å². The maximum Gasteiger partial charge on any atom is 1.00 e. The van der Waals surface area contributed by atoms with Gasteiger partial charge >= 0.3 is 18.9 Å². The summed E-state index contributed by atoms with van der Waals surface area (Å²) in [4.78, 5) is 0. The van der Waals surface area contributed by atoms with Crippen LogP contribution in [0.15, 0.2) is 11.4 Å². The molecule has 0 N–H and O–H groups in total. The fraction of sp³-hybridized carbons (Fsp3) is 0. The van der Waals surface area contributed by atoms with Crippen molar-refractivity contribution in [2.75, 3.05) is 0 Å². The van der Waals surface area contributed by atoms with E-state index in [-0.39, 0.29) is 24.7 Å². The fourth-order valence-corrected chi connectivity index (χ4v) is 0.654. The van der Waals surface area contributed by atoms with Crippen molar-refractivity contribution in [2.45, 2.75) is 0 Å². The zero-order valence-electron chi connectivity index (χ0n) is 3.94. The van der Waals surface area contributed by atoms with Gasteiger partial charge in [-0.15, -0.1) is 0 Å². The molecule has 0 saturated carbocycles. The molecule has 1 aromatic rings. The second kappa shape index (κ2) is 3.26. The smallest absolute Gasteiger partial charge is 0.301 e. The Morgan fingerprint density at radius 1 is 1.71 bits per heavy atom. The minimum atomic E-state index is -0.264. The Morgan fingerprint density at radius 2 is 2.43 bits per heavy atom. The molecule has 0 fully saturated rings. The van der Waals surface area contributed by atoms with Gasteiger partial charge in [-0.05, 0) is 0 Å². The van der Waals surface area contributed by atoms with Gasteiger partial charge in [-0.2, -0.15) is 11.4 Å². The van der Waals surface area contributed by atoms with Crippen molar-refractivity contribution in [3.63, 3.8) is 0 Å². The van der Waals surface area contributed by atoms with Gasteiger partial charge in [-0.1, -0.05) is 5.38 Å². The zero-order valence-corrected chi connectivity index (χ0v) is 4.76. The molecule has 32 valence electrons. The predicted molar refractivity (Wildman–Crippen MR) is 23.1 cm³/mol. The van der Waals surface area contributed by atoms with Crippen molar-refractivity contribution in [3.8, 4) is 0 Å². The summed E-state index contributed by atoms with van der Waals surface area (Å²) in [6.07, 6.45) is 0. The SMILES string of the molecule is Fc1[c-]scc1.[Li+]. The number of halogens is 1. The van der Waals surface area contributed by atoms with Crippen molar-refractivity contribution in [1.29, 1.82) is 0 Å². The van der Waals surface area contributed by atoms with Crippen LogP contribution in [0.5, 0.6) is 0 Å². The van der Waals surface area contributed by atoms with E-state index in [1.807, 2.05) is 0 Å². The van der Waals surface area contributed by atoms with E-state index in [4.69, 9.17) is 0 Å². The Balaban J connectivity index is 0.000000360. The molecule has 0 nitrogen and oxygen atoms in total. The quantitative estimate of drug-likeness (QED) is 0.286. The van der Waals surface area contributed by atoms with Crippen molar-refractivity contribution in [3.05, 3.63) is 22.6 Å². The van der Waals surface area contributed by atoms with Crippen LogP contribution in [0.25, 0.3) is 0 Å². The topological polar surface area (TPSA) is 0 Å². The first-order valence-electron chi connectivity index (χ1n) is 1.50. The van der Waals surface area contributed by atoms with Gasteiger partial charge in [0.2, 0.25) is 0 Å². The Hall–Kier alpha value is 0.227. The van der Waals surface area contributed by atoms with Crippen LogP contribution < -0.4 is 18.9 Å². The molecule has 1 rings (SSSR count). The third-order valence-electron chi connectivity index (χ3n) is 0.439. The minimum Gasteiger partial charge on any atom is -0.301 e. The first-order valence-corrected chi connectivity index (χ1v) is 2.38. The molecule has 0 spiro atoms. The van der Waals surface area contributed by atoms with Gasteiger partial charge in [0.05, 0.1) is 0 Å². The molecule has 0 amide bonds. The van der Waals surface area contributed by atoms with Crippen LogP contribution in [0.4, 0.5) is 4.39 Å². The summed E-state index contributed by atoms with van der Waals surface area (Å²) in [6.45, 7) is 0. The summed E-state index contributed by atoms with van der Waals surface area (Å²) in [5.74, 6) is -0.264. The second-order valence-corrected chi connectivity index (χ2v) is 1.58. The molecule has 1 aromatic heterocycles. The van der Waals surface area contributed by atoms with Gasteiger partial charge in [-0.3, -0.25) is 0 Å². The second-order valence-electron chi connectivity index (χ2n) is 0.871. The number of hydrogen-bond acceptors (Lipinski definition) is 1. The van der Waals surface area contributed by atoms with E-state index in [0.29, 0.717) is 0 Å². The monoisotopic (exact) mass is 108 g/mol. The van der Waals surface area contributed by atoms with E-state index in [1.165, 1.54) is 17.4 Å². The molecule has 0 aliphatic heterocycles. The number of hydrogen-bond donors (Lipinski definition) is 0. The summed E-state index contributed by atoms with van der Waals surface area (Å²) < 4.78 is 11.6. The van der Waals surface area contributed by atoms with Crippen LogP contribution in [0.3, 0.4) is 0 Å². The summed E-state index contributed by atoms with van der Waals surface area (Å²) in [5, 5.41) is 4.02. The van der Waals surface area contributed by atoms with Crippen LogP contribution in [-0.2, 0) is 0 Å². The first-order chi connectivity index (χ1) is 2.89. The normalized spacial score (nSPS) is 7.57. The van der Waals surface area contributed by atoms with Gasteiger partial charge in [0.15, 0.2) is 0 Å². The van der Waals surface area contributed by atoms with Gasteiger partial charge in [0.25, 0.3) is 0 Å². The first kappa shape index (κ1) is 7.23. The molecule has 7 heavy (non-hydrogen) atoms. The number of thiophene rings is 1. The van der Waals surface area contributed by atoms with Crippen LogP contribution in [0.2, 0.25) is 0 Å². The van der Waals surface area contributed by atoms with E-state index < -0.39 is 0 Å². The van der Waals surface area contributed by atoms with Crippen LogP contribution in [-0.4, -0.2) is 0 Å². The molecular formula is C4H2FLiS.